The Kier molecular flexibility index (Phi) is 4.83. The lowest BCUT2D eigenvalue weighted by Crippen LogP contribution is -2.36. The summed E-state index contributed by atoms with van der Waals surface area (Å²) >= 11 is 5.92. The number of hydrogen-bond donors (Lipinski definition) is 1. The molecular weight excluding hydrogens is 334 g/mol. The summed E-state index contributed by atoms with van der Waals surface area (Å²) in [6, 6.07) is 18.3. The molecule has 0 spiro atoms. The number of imidazole rings is 1. The van der Waals surface area contributed by atoms with Crippen LogP contribution in [0.25, 0.3) is 11.3 Å². The van der Waals surface area contributed by atoms with Crippen LogP contribution in [0.3, 0.4) is 0 Å². The summed E-state index contributed by atoms with van der Waals surface area (Å²) in [5.41, 5.74) is 3.56. The summed E-state index contributed by atoms with van der Waals surface area (Å²) in [6.07, 6.45) is 2.08. The van der Waals surface area contributed by atoms with E-state index < -0.39 is 0 Å². The topological polar surface area (TPSA) is 39.1 Å². The lowest BCUT2D eigenvalue weighted by molar-refractivity contribution is 0.00326. The monoisotopic (exact) mass is 353 g/mol. The molecule has 0 saturated carbocycles. The molecule has 0 saturated heterocycles. The van der Waals surface area contributed by atoms with Crippen molar-refractivity contribution in [3.8, 4) is 11.3 Å². The van der Waals surface area contributed by atoms with Gasteiger partial charge in [0.2, 0.25) is 0 Å². The maximum absolute atomic E-state index is 5.94. The minimum atomic E-state index is 0.136. The lowest BCUT2D eigenvalue weighted by atomic mass is 10.1. The molecule has 1 aliphatic heterocycles. The number of benzene rings is 2. The minimum Gasteiger partial charge on any atom is -0.367 e. The average molecular weight is 354 g/mol. The summed E-state index contributed by atoms with van der Waals surface area (Å²) in [4.78, 5) is 4.51. The molecule has 2 heterocycles. The van der Waals surface area contributed by atoms with Crippen LogP contribution in [0.5, 0.6) is 0 Å². The van der Waals surface area contributed by atoms with Crippen molar-refractivity contribution in [3.63, 3.8) is 0 Å². The number of aromatic nitrogens is 2. The van der Waals surface area contributed by atoms with Crippen LogP contribution in [0.2, 0.25) is 5.02 Å². The third-order valence-electron chi connectivity index (χ3n) is 4.46. The van der Waals surface area contributed by atoms with E-state index in [1.54, 1.807) is 0 Å². The largest absolute Gasteiger partial charge is 0.367 e. The number of hydrogen-bond acceptors (Lipinski definition) is 3. The van der Waals surface area contributed by atoms with Crippen molar-refractivity contribution in [3.05, 3.63) is 77.2 Å². The first kappa shape index (κ1) is 16.3. The van der Waals surface area contributed by atoms with Crippen LogP contribution in [-0.2, 0) is 24.4 Å². The van der Waals surface area contributed by atoms with Crippen molar-refractivity contribution in [2.75, 3.05) is 6.54 Å². The average Bonchev–Trinajstić information content (AvgIpc) is 3.07. The van der Waals surface area contributed by atoms with Gasteiger partial charge in [0.15, 0.2) is 0 Å². The van der Waals surface area contributed by atoms with E-state index in [9.17, 15) is 0 Å². The standard InChI is InChI=1S/C20H20ClN3O/c21-17-8-6-15(7-9-17)10-22-11-18-13-24-19(12-23-20(24)14-25-18)16-4-2-1-3-5-16/h1-9,12,18,22H,10-11,13-14H2/t18-/m0/s1. The van der Waals surface area contributed by atoms with Gasteiger partial charge in [-0.05, 0) is 23.3 Å². The molecule has 3 aromatic rings. The highest BCUT2D eigenvalue weighted by Gasteiger charge is 2.22. The summed E-state index contributed by atoms with van der Waals surface area (Å²) in [5.74, 6) is 0.993. The number of fused-ring (bicyclic) bond motifs is 1. The van der Waals surface area contributed by atoms with Gasteiger partial charge in [-0.25, -0.2) is 4.98 Å². The fraction of sp³-hybridized carbons (Fsp3) is 0.250. The van der Waals surface area contributed by atoms with E-state index in [-0.39, 0.29) is 6.10 Å². The Morgan fingerprint density at radius 3 is 2.72 bits per heavy atom. The summed E-state index contributed by atoms with van der Waals surface area (Å²) < 4.78 is 8.22. The van der Waals surface area contributed by atoms with E-state index in [1.807, 2.05) is 36.5 Å². The maximum Gasteiger partial charge on any atom is 0.135 e. The SMILES string of the molecule is Clc1ccc(CNC[C@H]2Cn3c(-c4ccccc4)cnc3CO2)cc1. The van der Waals surface area contributed by atoms with Crippen LogP contribution in [0.4, 0.5) is 0 Å². The van der Waals surface area contributed by atoms with Gasteiger partial charge in [0, 0.05) is 18.1 Å². The third kappa shape index (κ3) is 3.76. The van der Waals surface area contributed by atoms with Gasteiger partial charge in [-0.1, -0.05) is 54.1 Å². The molecule has 0 amide bonds. The first-order valence-corrected chi connectivity index (χ1v) is 8.84. The summed E-state index contributed by atoms with van der Waals surface area (Å²) in [7, 11) is 0. The van der Waals surface area contributed by atoms with Gasteiger partial charge in [-0.15, -0.1) is 0 Å². The molecule has 2 aromatic carbocycles. The predicted octanol–water partition coefficient (Wildman–Crippen LogP) is 3.89. The normalized spacial score (nSPS) is 16.6. The highest BCUT2D eigenvalue weighted by Crippen LogP contribution is 2.24. The second-order valence-corrected chi connectivity index (χ2v) is 6.66. The number of halogens is 1. The third-order valence-corrected chi connectivity index (χ3v) is 4.71. The molecule has 4 rings (SSSR count). The second-order valence-electron chi connectivity index (χ2n) is 6.23. The Morgan fingerprint density at radius 2 is 1.92 bits per heavy atom. The molecule has 0 bridgehead atoms. The molecule has 25 heavy (non-hydrogen) atoms. The first-order valence-electron chi connectivity index (χ1n) is 8.46. The molecule has 5 heteroatoms. The van der Waals surface area contributed by atoms with Gasteiger partial charge in [-0.2, -0.15) is 0 Å². The molecule has 0 radical (unpaired) electrons. The first-order chi connectivity index (χ1) is 12.3. The number of rotatable bonds is 5. The van der Waals surface area contributed by atoms with E-state index in [2.05, 4.69) is 39.1 Å². The maximum atomic E-state index is 5.94. The Balaban J connectivity index is 1.39. The molecule has 1 aliphatic rings. The zero-order chi connectivity index (χ0) is 17.1. The molecule has 0 unspecified atom stereocenters. The quantitative estimate of drug-likeness (QED) is 0.756. The Bertz CT molecular complexity index is 830. The van der Waals surface area contributed by atoms with Gasteiger partial charge in [0.25, 0.3) is 0 Å². The van der Waals surface area contributed by atoms with Crippen molar-refractivity contribution < 1.29 is 4.74 Å². The Labute approximate surface area is 152 Å². The summed E-state index contributed by atoms with van der Waals surface area (Å²) in [5, 5.41) is 4.24. The predicted molar refractivity (Wildman–Crippen MR) is 99.4 cm³/mol. The van der Waals surface area contributed by atoms with Crippen LogP contribution in [0.1, 0.15) is 11.4 Å². The van der Waals surface area contributed by atoms with E-state index in [0.29, 0.717) is 6.61 Å². The van der Waals surface area contributed by atoms with Gasteiger partial charge in [0.05, 0.1) is 24.5 Å². The second kappa shape index (κ2) is 7.40. The van der Waals surface area contributed by atoms with Crippen LogP contribution < -0.4 is 5.32 Å². The van der Waals surface area contributed by atoms with Crippen molar-refractivity contribution >= 4 is 11.6 Å². The Hall–Kier alpha value is -2.14. The van der Waals surface area contributed by atoms with Crippen molar-refractivity contribution in [2.45, 2.75) is 25.8 Å². The van der Waals surface area contributed by atoms with Gasteiger partial charge >= 0.3 is 0 Å². The van der Waals surface area contributed by atoms with Crippen molar-refractivity contribution in [2.24, 2.45) is 0 Å². The van der Waals surface area contributed by atoms with Crippen LogP contribution >= 0.6 is 11.6 Å². The smallest absolute Gasteiger partial charge is 0.135 e. The van der Waals surface area contributed by atoms with E-state index in [4.69, 9.17) is 16.3 Å². The zero-order valence-electron chi connectivity index (χ0n) is 13.9. The van der Waals surface area contributed by atoms with Gasteiger partial charge in [0.1, 0.15) is 12.4 Å². The fourth-order valence-corrected chi connectivity index (χ4v) is 3.25. The molecule has 0 aliphatic carbocycles. The van der Waals surface area contributed by atoms with E-state index in [1.165, 1.54) is 11.1 Å². The van der Waals surface area contributed by atoms with Crippen molar-refractivity contribution in [1.82, 2.24) is 14.9 Å². The molecule has 128 valence electrons. The van der Waals surface area contributed by atoms with E-state index in [0.717, 1.165) is 36.2 Å². The minimum absolute atomic E-state index is 0.136. The number of nitrogens with zero attached hydrogens (tertiary/aromatic N) is 2. The molecule has 1 atom stereocenters. The number of ether oxygens (including phenoxy) is 1. The molecule has 0 fully saturated rings. The highest BCUT2D eigenvalue weighted by molar-refractivity contribution is 6.30. The van der Waals surface area contributed by atoms with Crippen LogP contribution in [-0.4, -0.2) is 22.2 Å². The zero-order valence-corrected chi connectivity index (χ0v) is 14.6. The molecule has 4 nitrogen and oxygen atoms in total. The fourth-order valence-electron chi connectivity index (χ4n) is 3.12. The summed E-state index contributed by atoms with van der Waals surface area (Å²) in [6.45, 7) is 2.97. The molecule has 1 N–H and O–H groups in total. The Morgan fingerprint density at radius 1 is 1.12 bits per heavy atom. The van der Waals surface area contributed by atoms with Crippen molar-refractivity contribution in [1.29, 1.82) is 0 Å². The molecular formula is C20H20ClN3O. The lowest BCUT2D eigenvalue weighted by Gasteiger charge is -2.26. The van der Waals surface area contributed by atoms with E-state index >= 15 is 0 Å². The number of nitrogens with one attached hydrogen (secondary N) is 1. The van der Waals surface area contributed by atoms with Crippen LogP contribution in [0, 0.1) is 0 Å². The highest BCUT2D eigenvalue weighted by atomic mass is 35.5. The van der Waals surface area contributed by atoms with Crippen LogP contribution in [0.15, 0.2) is 60.8 Å². The van der Waals surface area contributed by atoms with Gasteiger partial charge < -0.3 is 14.6 Å². The van der Waals surface area contributed by atoms with Gasteiger partial charge in [-0.3, -0.25) is 0 Å². The molecule has 1 aromatic heterocycles.